The Morgan fingerprint density at radius 3 is 2.64 bits per heavy atom. The first-order chi connectivity index (χ1) is 12.2. The Labute approximate surface area is 148 Å². The zero-order valence-electron chi connectivity index (χ0n) is 14.6. The predicted molar refractivity (Wildman–Crippen MR) is 98.7 cm³/mol. The molecule has 1 aliphatic heterocycles. The highest BCUT2D eigenvalue weighted by Crippen LogP contribution is 2.32. The van der Waals surface area contributed by atoms with Crippen LogP contribution in [0.15, 0.2) is 54.6 Å². The third kappa shape index (κ3) is 3.85. The molecule has 4 nitrogen and oxygen atoms in total. The topological polar surface area (TPSA) is 38.8 Å². The first-order valence-corrected chi connectivity index (χ1v) is 8.48. The number of nitrogens with zero attached hydrogens (tertiary/aromatic N) is 1. The molecule has 0 N–H and O–H groups in total. The van der Waals surface area contributed by atoms with E-state index < -0.39 is 0 Å². The molecule has 2 aromatic rings. The number of methoxy groups -OCH3 is 2. The van der Waals surface area contributed by atoms with E-state index in [-0.39, 0.29) is 11.9 Å². The van der Waals surface area contributed by atoms with Crippen LogP contribution in [0.2, 0.25) is 0 Å². The predicted octanol–water partition coefficient (Wildman–Crippen LogP) is 4.08. The molecule has 0 saturated carbocycles. The molecule has 130 valence electrons. The average Bonchev–Trinajstić information content (AvgIpc) is 3.16. The van der Waals surface area contributed by atoms with Gasteiger partial charge in [0, 0.05) is 18.2 Å². The standard InChI is InChI=1S/C21H23NO3/c1-24-18-11-12-20(25-2)17(15-18)10-13-21(23)22-14-6-9-19(22)16-7-4-3-5-8-16/h3-5,7-8,10-13,15,19H,6,9,14H2,1-2H3/b13-10+/t19-/m0/s1. The van der Waals surface area contributed by atoms with Gasteiger partial charge >= 0.3 is 0 Å². The maximum atomic E-state index is 12.7. The van der Waals surface area contributed by atoms with E-state index in [1.807, 2.05) is 41.3 Å². The molecule has 1 fully saturated rings. The van der Waals surface area contributed by atoms with Gasteiger partial charge in [0.15, 0.2) is 0 Å². The third-order valence-electron chi connectivity index (χ3n) is 4.56. The van der Waals surface area contributed by atoms with E-state index >= 15 is 0 Å². The molecule has 0 radical (unpaired) electrons. The molecule has 4 heteroatoms. The summed E-state index contributed by atoms with van der Waals surface area (Å²) in [6, 6.07) is 15.9. The Morgan fingerprint density at radius 2 is 1.92 bits per heavy atom. The van der Waals surface area contributed by atoms with E-state index in [9.17, 15) is 4.79 Å². The van der Waals surface area contributed by atoms with Crippen molar-refractivity contribution in [2.45, 2.75) is 18.9 Å². The Hall–Kier alpha value is -2.75. The number of amides is 1. The first kappa shape index (κ1) is 17.1. The molecule has 25 heavy (non-hydrogen) atoms. The summed E-state index contributed by atoms with van der Waals surface area (Å²) in [5.41, 5.74) is 2.02. The normalized spacial score (nSPS) is 17.0. The summed E-state index contributed by atoms with van der Waals surface area (Å²) in [6.45, 7) is 0.790. The lowest BCUT2D eigenvalue weighted by Gasteiger charge is -2.23. The fraction of sp³-hybridized carbons (Fsp3) is 0.286. The third-order valence-corrected chi connectivity index (χ3v) is 4.56. The van der Waals surface area contributed by atoms with Gasteiger partial charge in [-0.05, 0) is 42.7 Å². The van der Waals surface area contributed by atoms with Crippen molar-refractivity contribution in [2.24, 2.45) is 0 Å². The summed E-state index contributed by atoms with van der Waals surface area (Å²) in [6.07, 6.45) is 5.45. The second-order valence-electron chi connectivity index (χ2n) is 6.04. The second kappa shape index (κ2) is 7.88. The van der Waals surface area contributed by atoms with E-state index in [1.54, 1.807) is 26.4 Å². The SMILES string of the molecule is COc1ccc(OC)c(/C=C/C(=O)N2CCC[C@H]2c2ccccc2)c1. The van der Waals surface area contributed by atoms with Gasteiger partial charge in [-0.3, -0.25) is 4.79 Å². The minimum Gasteiger partial charge on any atom is -0.497 e. The van der Waals surface area contributed by atoms with Crippen molar-refractivity contribution < 1.29 is 14.3 Å². The van der Waals surface area contributed by atoms with Gasteiger partial charge in [0.25, 0.3) is 0 Å². The lowest BCUT2D eigenvalue weighted by atomic mass is 10.0. The molecule has 0 aromatic heterocycles. The molecular weight excluding hydrogens is 314 g/mol. The molecule has 0 unspecified atom stereocenters. The number of hydrogen-bond donors (Lipinski definition) is 0. The second-order valence-corrected chi connectivity index (χ2v) is 6.04. The number of ether oxygens (including phenoxy) is 2. The Kier molecular flexibility index (Phi) is 5.39. The van der Waals surface area contributed by atoms with E-state index in [2.05, 4.69) is 12.1 Å². The van der Waals surface area contributed by atoms with Crippen LogP contribution in [-0.2, 0) is 4.79 Å². The number of carbonyl (C=O) groups excluding carboxylic acids is 1. The summed E-state index contributed by atoms with van der Waals surface area (Å²) >= 11 is 0. The van der Waals surface area contributed by atoms with E-state index in [0.717, 1.165) is 30.7 Å². The lowest BCUT2D eigenvalue weighted by Crippen LogP contribution is -2.28. The van der Waals surface area contributed by atoms with Crippen LogP contribution < -0.4 is 9.47 Å². The summed E-state index contributed by atoms with van der Waals surface area (Å²) in [5, 5.41) is 0. The minimum atomic E-state index is 0.0243. The highest BCUT2D eigenvalue weighted by atomic mass is 16.5. The van der Waals surface area contributed by atoms with Gasteiger partial charge in [-0.1, -0.05) is 30.3 Å². The van der Waals surface area contributed by atoms with Crippen molar-refractivity contribution in [3.05, 3.63) is 65.7 Å². The van der Waals surface area contributed by atoms with Crippen molar-refractivity contribution in [2.75, 3.05) is 20.8 Å². The summed E-state index contributed by atoms with van der Waals surface area (Å²) < 4.78 is 10.6. The van der Waals surface area contributed by atoms with Gasteiger partial charge in [-0.25, -0.2) is 0 Å². The Bertz CT molecular complexity index is 755. The molecule has 3 rings (SSSR count). The molecule has 1 aliphatic rings. The van der Waals surface area contributed by atoms with Crippen molar-refractivity contribution in [3.8, 4) is 11.5 Å². The van der Waals surface area contributed by atoms with Crippen LogP contribution in [0.5, 0.6) is 11.5 Å². The van der Waals surface area contributed by atoms with E-state index in [4.69, 9.17) is 9.47 Å². The fourth-order valence-electron chi connectivity index (χ4n) is 3.28. The highest BCUT2D eigenvalue weighted by molar-refractivity contribution is 5.92. The molecule has 1 atom stereocenters. The number of hydrogen-bond acceptors (Lipinski definition) is 3. The quantitative estimate of drug-likeness (QED) is 0.772. The maximum Gasteiger partial charge on any atom is 0.247 e. The molecule has 0 bridgehead atoms. The van der Waals surface area contributed by atoms with Gasteiger partial charge in [0.1, 0.15) is 11.5 Å². The van der Waals surface area contributed by atoms with Crippen LogP contribution in [0, 0.1) is 0 Å². The number of likely N-dealkylation sites (tertiary alicyclic amines) is 1. The average molecular weight is 337 g/mol. The van der Waals surface area contributed by atoms with E-state index in [1.165, 1.54) is 5.56 Å². The van der Waals surface area contributed by atoms with Crippen LogP contribution in [0.3, 0.4) is 0 Å². The molecule has 1 amide bonds. The molecule has 0 aliphatic carbocycles. The van der Waals surface area contributed by atoms with Crippen molar-refractivity contribution >= 4 is 12.0 Å². The van der Waals surface area contributed by atoms with Crippen LogP contribution in [0.4, 0.5) is 0 Å². The van der Waals surface area contributed by atoms with Crippen molar-refractivity contribution in [3.63, 3.8) is 0 Å². The first-order valence-electron chi connectivity index (χ1n) is 8.48. The molecule has 0 spiro atoms. The van der Waals surface area contributed by atoms with Crippen molar-refractivity contribution in [1.29, 1.82) is 0 Å². The van der Waals surface area contributed by atoms with Gasteiger partial charge < -0.3 is 14.4 Å². The molecule has 2 aromatic carbocycles. The smallest absolute Gasteiger partial charge is 0.247 e. The fourth-order valence-corrected chi connectivity index (χ4v) is 3.28. The Morgan fingerprint density at radius 1 is 1.12 bits per heavy atom. The highest BCUT2D eigenvalue weighted by Gasteiger charge is 2.28. The lowest BCUT2D eigenvalue weighted by molar-refractivity contribution is -0.126. The van der Waals surface area contributed by atoms with Gasteiger partial charge in [-0.2, -0.15) is 0 Å². The summed E-state index contributed by atoms with van der Waals surface area (Å²) in [5.74, 6) is 1.47. The van der Waals surface area contributed by atoms with Gasteiger partial charge in [-0.15, -0.1) is 0 Å². The van der Waals surface area contributed by atoms with Gasteiger partial charge in [0.2, 0.25) is 5.91 Å². The van der Waals surface area contributed by atoms with Gasteiger partial charge in [0.05, 0.1) is 20.3 Å². The molecule has 1 heterocycles. The Balaban J connectivity index is 1.78. The number of benzene rings is 2. The van der Waals surface area contributed by atoms with Crippen LogP contribution in [-0.4, -0.2) is 31.6 Å². The zero-order valence-corrected chi connectivity index (χ0v) is 14.6. The maximum absolute atomic E-state index is 12.7. The largest absolute Gasteiger partial charge is 0.497 e. The van der Waals surface area contributed by atoms with E-state index in [0.29, 0.717) is 5.75 Å². The molecule has 1 saturated heterocycles. The molecular formula is C21H23NO3. The summed E-state index contributed by atoms with van der Waals surface area (Å²) in [4.78, 5) is 14.7. The number of carbonyl (C=O) groups is 1. The zero-order chi connectivity index (χ0) is 17.6. The minimum absolute atomic E-state index is 0.0243. The van der Waals surface area contributed by atoms with Crippen LogP contribution in [0.1, 0.15) is 30.0 Å². The monoisotopic (exact) mass is 337 g/mol. The summed E-state index contributed by atoms with van der Waals surface area (Å²) in [7, 11) is 3.24. The van der Waals surface area contributed by atoms with Crippen LogP contribution >= 0.6 is 0 Å². The van der Waals surface area contributed by atoms with Crippen LogP contribution in [0.25, 0.3) is 6.08 Å². The number of rotatable bonds is 5. The van der Waals surface area contributed by atoms with Crippen molar-refractivity contribution in [1.82, 2.24) is 4.90 Å².